The first-order chi connectivity index (χ1) is 15.1. The van der Waals surface area contributed by atoms with Gasteiger partial charge in [-0.1, -0.05) is 42.1 Å². The van der Waals surface area contributed by atoms with E-state index in [-0.39, 0.29) is 0 Å². The van der Waals surface area contributed by atoms with Crippen LogP contribution < -0.4 is 0 Å². The summed E-state index contributed by atoms with van der Waals surface area (Å²) in [5, 5.41) is 19.2. The van der Waals surface area contributed by atoms with Crippen LogP contribution in [0.5, 0.6) is 0 Å². The third-order valence-corrected chi connectivity index (χ3v) is 6.42. The zero-order valence-electron chi connectivity index (χ0n) is 17.8. The van der Waals surface area contributed by atoms with Gasteiger partial charge in [0.1, 0.15) is 5.03 Å². The van der Waals surface area contributed by atoms with Crippen molar-refractivity contribution in [1.82, 2.24) is 44.7 Å². The molecule has 0 saturated carbocycles. The largest absolute Gasteiger partial charge is 0.308 e. The second-order valence-corrected chi connectivity index (χ2v) is 9.42. The van der Waals surface area contributed by atoms with Crippen LogP contribution in [0.1, 0.15) is 17.7 Å². The number of hydrogen-bond donors (Lipinski definition) is 0. The maximum absolute atomic E-state index is 4.68. The minimum atomic E-state index is 0.598. The molecule has 1 aromatic carbocycles. The number of aromatic nitrogens is 8. The highest BCUT2D eigenvalue weighted by atomic mass is 32.2. The average Bonchev–Trinajstić information content (AvgIpc) is 3.37. The van der Waals surface area contributed by atoms with Crippen LogP contribution in [-0.2, 0) is 13.0 Å². The Bertz CT molecular complexity index is 1120. The van der Waals surface area contributed by atoms with E-state index in [9.17, 15) is 0 Å². The van der Waals surface area contributed by atoms with Crippen LogP contribution in [0.15, 0.2) is 51.7 Å². The molecule has 9 nitrogen and oxygen atoms in total. The van der Waals surface area contributed by atoms with Crippen molar-refractivity contribution in [3.63, 3.8) is 0 Å². The van der Waals surface area contributed by atoms with Crippen molar-refractivity contribution in [2.45, 2.75) is 41.6 Å². The number of nitrogens with zero attached hydrogens (tertiary/aromatic N) is 9. The molecule has 4 aromatic rings. The molecule has 0 aliphatic rings. The summed E-state index contributed by atoms with van der Waals surface area (Å²) in [5.41, 5.74) is 2.24. The quantitative estimate of drug-likeness (QED) is 0.203. The maximum atomic E-state index is 4.68. The van der Waals surface area contributed by atoms with E-state index in [1.165, 1.54) is 17.3 Å². The monoisotopic (exact) mass is 455 g/mol. The molecule has 0 bridgehead atoms. The molecule has 162 valence electrons. The first-order valence-electron chi connectivity index (χ1n) is 10.1. The van der Waals surface area contributed by atoms with Crippen molar-refractivity contribution >= 4 is 29.3 Å². The molecular formula is C20H25N9S2. The van der Waals surface area contributed by atoms with Gasteiger partial charge >= 0.3 is 0 Å². The Balaban J connectivity index is 1.45. The Morgan fingerprint density at radius 3 is 2.74 bits per heavy atom. The van der Waals surface area contributed by atoms with Crippen LogP contribution in [-0.4, -0.2) is 71.1 Å². The van der Waals surface area contributed by atoms with Crippen LogP contribution in [0, 0.1) is 6.92 Å². The van der Waals surface area contributed by atoms with E-state index < -0.39 is 0 Å². The summed E-state index contributed by atoms with van der Waals surface area (Å²) >= 11 is 3.13. The molecule has 31 heavy (non-hydrogen) atoms. The fraction of sp³-hybridized carbons (Fsp3) is 0.400. The summed E-state index contributed by atoms with van der Waals surface area (Å²) in [4.78, 5) is 11.3. The van der Waals surface area contributed by atoms with Crippen LogP contribution in [0.2, 0.25) is 0 Å². The van der Waals surface area contributed by atoms with Gasteiger partial charge in [-0.3, -0.25) is 0 Å². The van der Waals surface area contributed by atoms with Crippen molar-refractivity contribution in [1.29, 1.82) is 0 Å². The van der Waals surface area contributed by atoms with E-state index in [1.54, 1.807) is 16.3 Å². The van der Waals surface area contributed by atoms with Gasteiger partial charge in [-0.25, -0.2) is 9.67 Å². The number of tetrazole rings is 1. The Morgan fingerprint density at radius 1 is 1.10 bits per heavy atom. The topological polar surface area (TPSA) is 89.9 Å². The van der Waals surface area contributed by atoms with Crippen molar-refractivity contribution < 1.29 is 0 Å². The van der Waals surface area contributed by atoms with Crippen molar-refractivity contribution in [3.8, 4) is 0 Å². The Morgan fingerprint density at radius 2 is 1.94 bits per heavy atom. The van der Waals surface area contributed by atoms with E-state index in [4.69, 9.17) is 0 Å². The Kier molecular flexibility index (Phi) is 7.15. The molecule has 3 aromatic heterocycles. The number of rotatable bonds is 10. The standard InChI is InChI=1S/C20H25N9S2/c1-15-14-17(31-20-23-25-26-28(20)12-11-27(2)3)29-18(21-15)22-19(24-29)30-13-7-10-16-8-5-4-6-9-16/h4-6,8-9,14H,7,10-13H2,1-3H3. The first kappa shape index (κ1) is 21.7. The van der Waals surface area contributed by atoms with E-state index in [1.807, 2.05) is 37.8 Å². The van der Waals surface area contributed by atoms with Gasteiger partial charge in [0.2, 0.25) is 10.3 Å². The molecule has 0 atom stereocenters. The SMILES string of the molecule is Cc1cc(Sc2nnnn2CCN(C)C)n2nc(SCCCc3ccccc3)nc2n1. The zero-order valence-corrected chi connectivity index (χ0v) is 19.5. The van der Waals surface area contributed by atoms with Crippen LogP contribution in [0.4, 0.5) is 0 Å². The minimum absolute atomic E-state index is 0.598. The highest BCUT2D eigenvalue weighted by Crippen LogP contribution is 2.27. The predicted molar refractivity (Wildman–Crippen MR) is 122 cm³/mol. The number of fused-ring (bicyclic) bond motifs is 1. The highest BCUT2D eigenvalue weighted by Gasteiger charge is 2.15. The summed E-state index contributed by atoms with van der Waals surface area (Å²) in [6.07, 6.45) is 2.12. The normalized spacial score (nSPS) is 11.6. The molecule has 0 fully saturated rings. The number of thioether (sulfide) groups is 1. The van der Waals surface area contributed by atoms with Gasteiger partial charge in [-0.05, 0) is 67.7 Å². The van der Waals surface area contributed by atoms with Gasteiger partial charge in [0.15, 0.2) is 0 Å². The van der Waals surface area contributed by atoms with Crippen molar-refractivity contribution in [2.75, 3.05) is 26.4 Å². The number of likely N-dealkylation sites (N-methyl/N-ethyl adjacent to an activating group) is 1. The lowest BCUT2D eigenvalue weighted by molar-refractivity contribution is 0.361. The molecular weight excluding hydrogens is 430 g/mol. The zero-order chi connectivity index (χ0) is 21.6. The van der Waals surface area contributed by atoms with Gasteiger partial charge < -0.3 is 4.90 Å². The smallest absolute Gasteiger partial charge is 0.254 e. The highest BCUT2D eigenvalue weighted by molar-refractivity contribution is 7.99. The second kappa shape index (κ2) is 10.2. The minimum Gasteiger partial charge on any atom is -0.308 e. The summed E-state index contributed by atoms with van der Waals surface area (Å²) in [5.74, 6) is 1.55. The van der Waals surface area contributed by atoms with Crippen molar-refractivity contribution in [3.05, 3.63) is 47.7 Å². The van der Waals surface area contributed by atoms with Crippen molar-refractivity contribution in [2.24, 2.45) is 0 Å². The van der Waals surface area contributed by atoms with E-state index in [2.05, 4.69) is 59.8 Å². The lowest BCUT2D eigenvalue weighted by Gasteiger charge is -2.10. The third kappa shape index (κ3) is 5.81. The molecule has 0 saturated heterocycles. The number of hydrogen-bond acceptors (Lipinski definition) is 9. The summed E-state index contributed by atoms with van der Waals surface area (Å²) < 4.78 is 3.59. The van der Waals surface area contributed by atoms with Crippen LogP contribution in [0.25, 0.3) is 5.78 Å². The molecule has 0 aliphatic heterocycles. The average molecular weight is 456 g/mol. The molecule has 3 heterocycles. The Labute approximate surface area is 189 Å². The molecule has 0 spiro atoms. The van der Waals surface area contributed by atoms with E-state index in [0.29, 0.717) is 5.78 Å². The Hall–Kier alpha value is -2.50. The van der Waals surface area contributed by atoms with Crippen LogP contribution >= 0.6 is 23.5 Å². The lowest BCUT2D eigenvalue weighted by atomic mass is 10.1. The molecule has 11 heteroatoms. The van der Waals surface area contributed by atoms with E-state index >= 15 is 0 Å². The van der Waals surface area contributed by atoms with Crippen LogP contribution in [0.3, 0.4) is 0 Å². The fourth-order valence-electron chi connectivity index (χ4n) is 2.95. The molecule has 0 amide bonds. The van der Waals surface area contributed by atoms with Gasteiger partial charge in [0, 0.05) is 18.0 Å². The van der Waals surface area contributed by atoms with Gasteiger partial charge in [0.25, 0.3) is 5.78 Å². The van der Waals surface area contributed by atoms with E-state index in [0.717, 1.165) is 52.7 Å². The maximum Gasteiger partial charge on any atom is 0.254 e. The fourth-order valence-corrected chi connectivity index (χ4v) is 4.64. The second-order valence-electron chi connectivity index (χ2n) is 7.37. The van der Waals surface area contributed by atoms with Gasteiger partial charge in [0.05, 0.1) is 6.54 Å². The molecule has 0 N–H and O–H groups in total. The lowest BCUT2D eigenvalue weighted by Crippen LogP contribution is -2.19. The molecule has 0 radical (unpaired) electrons. The summed E-state index contributed by atoms with van der Waals surface area (Å²) in [6.45, 7) is 3.53. The summed E-state index contributed by atoms with van der Waals surface area (Å²) in [6, 6.07) is 12.5. The number of benzene rings is 1. The summed E-state index contributed by atoms with van der Waals surface area (Å²) in [7, 11) is 4.06. The van der Waals surface area contributed by atoms with Gasteiger partial charge in [-0.2, -0.15) is 9.50 Å². The number of aryl methyl sites for hydroxylation is 2. The molecule has 0 aliphatic carbocycles. The molecule has 0 unspecified atom stereocenters. The third-order valence-electron chi connectivity index (χ3n) is 4.53. The first-order valence-corrected chi connectivity index (χ1v) is 11.9. The predicted octanol–water partition coefficient (Wildman–Crippen LogP) is 2.86. The van der Waals surface area contributed by atoms with Gasteiger partial charge in [-0.15, -0.1) is 10.2 Å². The molecule has 4 rings (SSSR count).